The molecule has 5 rings (SSSR count). The van der Waals surface area contributed by atoms with Crippen LogP contribution in [0.15, 0.2) is 71.5 Å². The first-order chi connectivity index (χ1) is 20.6. The molecule has 1 fully saturated rings. The van der Waals surface area contributed by atoms with Crippen LogP contribution in [-0.2, 0) is 18.5 Å². The van der Waals surface area contributed by atoms with Gasteiger partial charge in [-0.3, -0.25) is 19.5 Å². The Balaban J connectivity index is 1.34. The zero-order valence-corrected chi connectivity index (χ0v) is 25.6. The second-order valence-electron chi connectivity index (χ2n) is 12.3. The number of hydrogen-bond donors (Lipinski definition) is 2. The summed E-state index contributed by atoms with van der Waals surface area (Å²) >= 11 is 0. The maximum atomic E-state index is 13.8. The molecule has 9 heteroatoms. The van der Waals surface area contributed by atoms with Crippen LogP contribution in [0.5, 0.6) is 0 Å². The van der Waals surface area contributed by atoms with Gasteiger partial charge in [0.2, 0.25) is 0 Å². The number of carbonyl (C=O) groups is 2. The van der Waals surface area contributed by atoms with Gasteiger partial charge in [0.15, 0.2) is 11.5 Å². The SMILES string of the molecule is Cc1ccc(NC(=O)c2cc(C(C)(C)C)ccc2CN2CCN(C)CC2)cc1-c1cc(C(=O)NCc2ccncc2)no1. The van der Waals surface area contributed by atoms with Crippen molar-refractivity contribution in [3.8, 4) is 11.3 Å². The van der Waals surface area contributed by atoms with Gasteiger partial charge >= 0.3 is 0 Å². The fourth-order valence-corrected chi connectivity index (χ4v) is 5.09. The molecule has 0 unspecified atom stereocenters. The van der Waals surface area contributed by atoms with Crippen molar-refractivity contribution in [2.24, 2.45) is 0 Å². The number of amides is 2. The number of benzene rings is 2. The Morgan fingerprint density at radius 3 is 2.40 bits per heavy atom. The van der Waals surface area contributed by atoms with E-state index < -0.39 is 0 Å². The Hall–Kier alpha value is -4.34. The molecule has 0 saturated carbocycles. The fraction of sp³-hybridized carbons (Fsp3) is 0.353. The van der Waals surface area contributed by atoms with Gasteiger partial charge < -0.3 is 20.1 Å². The molecule has 2 aromatic heterocycles. The largest absolute Gasteiger partial charge is 0.355 e. The highest BCUT2D eigenvalue weighted by Gasteiger charge is 2.22. The monoisotopic (exact) mass is 580 g/mol. The summed E-state index contributed by atoms with van der Waals surface area (Å²) < 4.78 is 5.57. The van der Waals surface area contributed by atoms with Gasteiger partial charge in [-0.2, -0.15) is 0 Å². The highest BCUT2D eigenvalue weighted by Crippen LogP contribution is 2.29. The molecular formula is C34H40N6O3. The number of aromatic nitrogens is 2. The zero-order chi connectivity index (χ0) is 30.6. The molecule has 1 aliphatic heterocycles. The predicted octanol–water partition coefficient (Wildman–Crippen LogP) is 5.27. The maximum Gasteiger partial charge on any atom is 0.273 e. The van der Waals surface area contributed by atoms with Crippen LogP contribution in [0.2, 0.25) is 0 Å². The molecule has 1 aliphatic rings. The molecule has 0 atom stereocenters. The number of nitrogens with zero attached hydrogens (tertiary/aromatic N) is 4. The van der Waals surface area contributed by atoms with Gasteiger partial charge in [-0.25, -0.2) is 0 Å². The van der Waals surface area contributed by atoms with E-state index in [0.29, 0.717) is 23.6 Å². The lowest BCUT2D eigenvalue weighted by molar-refractivity contribution is 0.0941. The smallest absolute Gasteiger partial charge is 0.273 e. The average molecular weight is 581 g/mol. The Morgan fingerprint density at radius 1 is 0.930 bits per heavy atom. The van der Waals surface area contributed by atoms with Crippen molar-refractivity contribution in [2.75, 3.05) is 38.5 Å². The van der Waals surface area contributed by atoms with Crippen LogP contribution < -0.4 is 10.6 Å². The van der Waals surface area contributed by atoms with Crippen molar-refractivity contribution >= 4 is 17.5 Å². The highest BCUT2D eigenvalue weighted by molar-refractivity contribution is 6.05. The van der Waals surface area contributed by atoms with Gasteiger partial charge in [0, 0.05) is 74.5 Å². The molecule has 2 N–H and O–H groups in total. The van der Waals surface area contributed by atoms with Gasteiger partial charge in [0.05, 0.1) is 0 Å². The van der Waals surface area contributed by atoms with Gasteiger partial charge in [-0.1, -0.05) is 44.1 Å². The van der Waals surface area contributed by atoms with Crippen molar-refractivity contribution in [3.63, 3.8) is 0 Å². The Bertz CT molecular complexity index is 1580. The molecule has 2 aromatic carbocycles. The minimum Gasteiger partial charge on any atom is -0.355 e. The van der Waals surface area contributed by atoms with Crippen molar-refractivity contribution in [1.29, 1.82) is 0 Å². The Kier molecular flexibility index (Phi) is 9.03. The van der Waals surface area contributed by atoms with Crippen LogP contribution in [0.3, 0.4) is 0 Å². The van der Waals surface area contributed by atoms with Gasteiger partial charge in [0.25, 0.3) is 11.8 Å². The number of likely N-dealkylation sites (N-methyl/N-ethyl adjacent to an activating group) is 1. The Morgan fingerprint density at radius 2 is 1.67 bits per heavy atom. The zero-order valence-electron chi connectivity index (χ0n) is 25.6. The van der Waals surface area contributed by atoms with Crippen LogP contribution in [0.4, 0.5) is 5.69 Å². The summed E-state index contributed by atoms with van der Waals surface area (Å²) in [5, 5.41) is 9.96. The highest BCUT2D eigenvalue weighted by atomic mass is 16.5. The van der Waals surface area contributed by atoms with Crippen LogP contribution in [0.1, 0.15) is 63.9 Å². The van der Waals surface area contributed by atoms with E-state index in [0.717, 1.165) is 60.5 Å². The van der Waals surface area contributed by atoms with Crippen molar-refractivity contribution < 1.29 is 14.1 Å². The summed E-state index contributed by atoms with van der Waals surface area (Å²) in [5.74, 6) is -0.0348. The minimum absolute atomic E-state index is 0.0903. The second-order valence-corrected chi connectivity index (χ2v) is 12.3. The van der Waals surface area contributed by atoms with Gasteiger partial charge in [0.1, 0.15) is 0 Å². The van der Waals surface area contributed by atoms with Crippen LogP contribution in [0, 0.1) is 6.92 Å². The number of piperazine rings is 1. The second kappa shape index (κ2) is 12.9. The fourth-order valence-electron chi connectivity index (χ4n) is 5.09. The van der Waals surface area contributed by atoms with E-state index in [2.05, 4.69) is 70.5 Å². The first kappa shape index (κ1) is 30.1. The molecule has 0 aliphatic carbocycles. The van der Waals surface area contributed by atoms with Crippen molar-refractivity contribution in [3.05, 3.63) is 101 Å². The molecule has 1 saturated heterocycles. The van der Waals surface area contributed by atoms with E-state index in [1.165, 1.54) is 0 Å². The van der Waals surface area contributed by atoms with Gasteiger partial charge in [-0.05, 0) is 72.0 Å². The van der Waals surface area contributed by atoms with E-state index >= 15 is 0 Å². The molecule has 2 amide bonds. The summed E-state index contributed by atoms with van der Waals surface area (Å²) in [5.41, 5.74) is 6.16. The normalized spacial score (nSPS) is 14.4. The third-order valence-electron chi connectivity index (χ3n) is 7.92. The van der Waals surface area contributed by atoms with Gasteiger partial charge in [-0.15, -0.1) is 0 Å². The molecule has 9 nitrogen and oxygen atoms in total. The van der Waals surface area contributed by atoms with Crippen molar-refractivity contribution in [2.45, 2.75) is 46.2 Å². The summed E-state index contributed by atoms with van der Waals surface area (Å²) in [7, 11) is 2.14. The minimum atomic E-state index is -0.333. The third kappa shape index (κ3) is 7.55. The number of nitrogens with one attached hydrogen (secondary N) is 2. The van der Waals surface area contributed by atoms with Crippen LogP contribution in [0.25, 0.3) is 11.3 Å². The lowest BCUT2D eigenvalue weighted by Crippen LogP contribution is -2.44. The molecular weight excluding hydrogens is 540 g/mol. The topological polar surface area (TPSA) is 104 Å². The number of anilines is 1. The first-order valence-electron chi connectivity index (χ1n) is 14.7. The number of rotatable bonds is 8. The van der Waals surface area contributed by atoms with E-state index in [1.54, 1.807) is 18.5 Å². The van der Waals surface area contributed by atoms with Crippen molar-refractivity contribution in [1.82, 2.24) is 25.3 Å². The molecule has 4 aromatic rings. The van der Waals surface area contributed by atoms with Crippen LogP contribution in [-0.4, -0.2) is 65.0 Å². The summed E-state index contributed by atoms with van der Waals surface area (Å²) in [4.78, 5) is 35.2. The maximum absolute atomic E-state index is 13.8. The van der Waals surface area contributed by atoms with E-state index in [-0.39, 0.29) is 22.9 Å². The molecule has 0 radical (unpaired) electrons. The van der Waals surface area contributed by atoms with E-state index in [9.17, 15) is 9.59 Å². The summed E-state index contributed by atoms with van der Waals surface area (Å²) in [6, 6.07) is 17.2. The number of pyridine rings is 1. The van der Waals surface area contributed by atoms with E-state index in [4.69, 9.17) is 4.52 Å². The number of aryl methyl sites for hydroxylation is 1. The quantitative estimate of drug-likeness (QED) is 0.293. The van der Waals surface area contributed by atoms with Crippen LogP contribution >= 0.6 is 0 Å². The van der Waals surface area contributed by atoms with E-state index in [1.807, 2.05) is 43.3 Å². The molecule has 43 heavy (non-hydrogen) atoms. The molecule has 0 spiro atoms. The molecule has 224 valence electrons. The summed E-state index contributed by atoms with van der Waals surface area (Å²) in [6.07, 6.45) is 3.36. The number of carbonyl (C=O) groups excluding carboxylic acids is 2. The first-order valence-corrected chi connectivity index (χ1v) is 14.7. The lowest BCUT2D eigenvalue weighted by Gasteiger charge is -2.33. The molecule has 3 heterocycles. The lowest BCUT2D eigenvalue weighted by atomic mass is 9.85. The molecule has 0 bridgehead atoms. The predicted molar refractivity (Wildman–Crippen MR) is 168 cm³/mol. The average Bonchev–Trinajstić information content (AvgIpc) is 3.48. The Labute approximate surface area is 253 Å². The number of hydrogen-bond acceptors (Lipinski definition) is 7. The summed E-state index contributed by atoms with van der Waals surface area (Å²) in [6.45, 7) is 13.5. The standard InChI is InChI=1S/C34H40N6O3/c1-23-6-9-27(19-28(23)31-20-30(38-43-31)33(42)36-21-24-10-12-35-13-11-24)37-32(41)29-18-26(34(2,3)4)8-7-25(29)22-40-16-14-39(5)15-17-40/h6-13,18-20H,14-17,21-22H2,1-5H3,(H,36,42)(H,37,41). The third-order valence-corrected chi connectivity index (χ3v) is 7.92.